The first kappa shape index (κ1) is 14.0. The van der Waals surface area contributed by atoms with E-state index in [4.69, 9.17) is 5.73 Å². The second-order valence-corrected chi connectivity index (χ2v) is 4.31. The molecule has 0 radical (unpaired) electrons. The van der Waals surface area contributed by atoms with Gasteiger partial charge >= 0.3 is 0 Å². The zero-order valence-electron chi connectivity index (χ0n) is 9.76. The van der Waals surface area contributed by atoms with Gasteiger partial charge in [0.15, 0.2) is 0 Å². The number of nitrogens with one attached hydrogen (secondary N) is 1. The van der Waals surface area contributed by atoms with Crippen molar-refractivity contribution in [2.45, 2.75) is 19.3 Å². The van der Waals surface area contributed by atoms with E-state index in [1.54, 1.807) is 12.3 Å². The van der Waals surface area contributed by atoms with Gasteiger partial charge in [-0.05, 0) is 37.8 Å². The summed E-state index contributed by atoms with van der Waals surface area (Å²) in [5.41, 5.74) is 6.13. The maximum atomic E-state index is 12.0. The lowest BCUT2D eigenvalue weighted by atomic mass is 9.95. The molecular weight excluding hydrogens is 240 g/mol. The molecule has 0 aromatic carbocycles. The second-order valence-electron chi connectivity index (χ2n) is 4.31. The maximum absolute atomic E-state index is 12.0. The number of hydrogen-bond acceptors (Lipinski definition) is 3. The third kappa shape index (κ3) is 3.44. The minimum absolute atomic E-state index is 0. The number of halogens is 1. The van der Waals surface area contributed by atoms with Gasteiger partial charge in [-0.25, -0.2) is 0 Å². The van der Waals surface area contributed by atoms with E-state index in [9.17, 15) is 4.79 Å². The number of aromatic amines is 1. The molecule has 1 unspecified atom stereocenters. The molecule has 0 bridgehead atoms. The Labute approximate surface area is 107 Å². The van der Waals surface area contributed by atoms with Crippen LogP contribution >= 0.6 is 12.4 Å². The Kier molecular flexibility index (Phi) is 5.44. The second kappa shape index (κ2) is 6.61. The number of carbonyl (C=O) groups excluding carboxylic acids is 1. The molecule has 1 fully saturated rings. The molecule has 0 saturated carbocycles. The van der Waals surface area contributed by atoms with Crippen molar-refractivity contribution in [2.24, 2.45) is 11.7 Å². The molecule has 2 rings (SSSR count). The summed E-state index contributed by atoms with van der Waals surface area (Å²) in [6.45, 7) is 2.38. The lowest BCUT2D eigenvalue weighted by Crippen LogP contribution is -2.40. The Hall–Kier alpha value is -1.07. The van der Waals surface area contributed by atoms with Crippen molar-refractivity contribution in [1.29, 1.82) is 0 Å². The minimum Gasteiger partial charge on any atom is -0.337 e. The first-order valence-electron chi connectivity index (χ1n) is 5.80. The lowest BCUT2D eigenvalue weighted by molar-refractivity contribution is 0.0663. The fourth-order valence-corrected chi connectivity index (χ4v) is 2.27. The minimum atomic E-state index is 0. The molecule has 1 aliphatic rings. The highest BCUT2D eigenvalue weighted by molar-refractivity contribution is 5.92. The van der Waals surface area contributed by atoms with Crippen molar-refractivity contribution in [1.82, 2.24) is 15.1 Å². The molecule has 17 heavy (non-hydrogen) atoms. The molecule has 1 saturated heterocycles. The highest BCUT2D eigenvalue weighted by Crippen LogP contribution is 2.20. The van der Waals surface area contributed by atoms with Crippen molar-refractivity contribution >= 4 is 18.3 Å². The third-order valence-corrected chi connectivity index (χ3v) is 3.11. The van der Waals surface area contributed by atoms with Gasteiger partial charge < -0.3 is 10.6 Å². The maximum Gasteiger partial charge on any atom is 0.271 e. The Morgan fingerprint density at radius 1 is 1.65 bits per heavy atom. The van der Waals surface area contributed by atoms with Crippen LogP contribution in [-0.4, -0.2) is 40.6 Å². The average Bonchev–Trinajstić information content (AvgIpc) is 2.82. The van der Waals surface area contributed by atoms with E-state index in [1.165, 1.54) is 6.42 Å². The summed E-state index contributed by atoms with van der Waals surface area (Å²) in [4.78, 5) is 13.9. The van der Waals surface area contributed by atoms with Gasteiger partial charge in [0, 0.05) is 19.3 Å². The zero-order valence-corrected chi connectivity index (χ0v) is 10.6. The smallest absolute Gasteiger partial charge is 0.271 e. The predicted octanol–water partition coefficient (Wildman–Crippen LogP) is 1.03. The van der Waals surface area contributed by atoms with Gasteiger partial charge in [-0.15, -0.1) is 12.4 Å². The highest BCUT2D eigenvalue weighted by atomic mass is 35.5. The largest absolute Gasteiger partial charge is 0.337 e. The fraction of sp³-hybridized carbons (Fsp3) is 0.636. The van der Waals surface area contributed by atoms with Crippen LogP contribution in [-0.2, 0) is 0 Å². The van der Waals surface area contributed by atoms with E-state index in [2.05, 4.69) is 10.2 Å². The third-order valence-electron chi connectivity index (χ3n) is 3.11. The van der Waals surface area contributed by atoms with Crippen molar-refractivity contribution in [3.05, 3.63) is 18.0 Å². The van der Waals surface area contributed by atoms with Crippen molar-refractivity contribution in [3.8, 4) is 0 Å². The standard InChI is InChI=1S/C11H18N4O.ClH/c12-5-3-9-2-1-7-15(8-9)11(16)10-4-6-13-14-10;/h4,6,9H,1-3,5,7-8,12H2,(H,13,14);1H. The molecular formula is C11H19ClN4O. The van der Waals surface area contributed by atoms with Gasteiger partial charge in [0.1, 0.15) is 5.69 Å². The van der Waals surface area contributed by atoms with Gasteiger partial charge in [-0.2, -0.15) is 5.10 Å². The van der Waals surface area contributed by atoms with E-state index in [0.717, 1.165) is 25.9 Å². The van der Waals surface area contributed by atoms with Crippen LogP contribution in [0.2, 0.25) is 0 Å². The number of hydrogen-bond donors (Lipinski definition) is 2. The van der Waals surface area contributed by atoms with Crippen LogP contribution in [0.3, 0.4) is 0 Å². The van der Waals surface area contributed by atoms with Crippen LogP contribution < -0.4 is 5.73 Å². The van der Waals surface area contributed by atoms with E-state index >= 15 is 0 Å². The van der Waals surface area contributed by atoms with Crippen molar-refractivity contribution < 1.29 is 4.79 Å². The van der Waals surface area contributed by atoms with Gasteiger partial charge in [0.25, 0.3) is 5.91 Å². The summed E-state index contributed by atoms with van der Waals surface area (Å²) >= 11 is 0. The molecule has 0 spiro atoms. The number of carbonyl (C=O) groups is 1. The van der Waals surface area contributed by atoms with Crippen LogP contribution in [0.4, 0.5) is 0 Å². The summed E-state index contributed by atoms with van der Waals surface area (Å²) in [5, 5.41) is 6.52. The quantitative estimate of drug-likeness (QED) is 0.850. The van der Waals surface area contributed by atoms with Gasteiger partial charge in [-0.1, -0.05) is 0 Å². The summed E-state index contributed by atoms with van der Waals surface area (Å²) in [6.07, 6.45) is 4.87. The SMILES string of the molecule is Cl.NCCC1CCCN(C(=O)c2ccn[nH]2)C1. The first-order chi connectivity index (χ1) is 7.81. The predicted molar refractivity (Wildman–Crippen MR) is 68.1 cm³/mol. The van der Waals surface area contributed by atoms with Crippen LogP contribution in [0.15, 0.2) is 12.3 Å². The highest BCUT2D eigenvalue weighted by Gasteiger charge is 2.24. The number of piperidine rings is 1. The molecule has 1 atom stereocenters. The molecule has 0 aliphatic carbocycles. The Morgan fingerprint density at radius 2 is 2.47 bits per heavy atom. The van der Waals surface area contributed by atoms with Gasteiger partial charge in [0.2, 0.25) is 0 Å². The number of likely N-dealkylation sites (tertiary alicyclic amines) is 1. The molecule has 2 heterocycles. The number of nitrogens with two attached hydrogens (primary N) is 1. The number of aromatic nitrogens is 2. The van der Waals surface area contributed by atoms with Crippen LogP contribution in [0.25, 0.3) is 0 Å². The summed E-state index contributed by atoms with van der Waals surface area (Å²) in [5.74, 6) is 0.616. The van der Waals surface area contributed by atoms with E-state index in [0.29, 0.717) is 18.2 Å². The molecule has 1 amide bonds. The van der Waals surface area contributed by atoms with Crippen LogP contribution in [0.1, 0.15) is 29.8 Å². The number of nitrogens with zero attached hydrogens (tertiary/aromatic N) is 2. The normalized spacial score (nSPS) is 19.8. The fourth-order valence-electron chi connectivity index (χ4n) is 2.27. The number of H-pyrrole nitrogens is 1. The molecule has 1 aromatic rings. The molecule has 6 heteroatoms. The number of rotatable bonds is 3. The first-order valence-corrected chi connectivity index (χ1v) is 5.80. The van der Waals surface area contributed by atoms with Crippen molar-refractivity contribution in [3.63, 3.8) is 0 Å². The number of amides is 1. The molecule has 1 aromatic heterocycles. The van der Waals surface area contributed by atoms with Crippen LogP contribution in [0, 0.1) is 5.92 Å². The molecule has 1 aliphatic heterocycles. The van der Waals surface area contributed by atoms with Crippen LogP contribution in [0.5, 0.6) is 0 Å². The van der Waals surface area contributed by atoms with E-state index in [-0.39, 0.29) is 18.3 Å². The lowest BCUT2D eigenvalue weighted by Gasteiger charge is -2.32. The van der Waals surface area contributed by atoms with Gasteiger partial charge in [0.05, 0.1) is 0 Å². The van der Waals surface area contributed by atoms with E-state index < -0.39 is 0 Å². The molecule has 5 nitrogen and oxygen atoms in total. The van der Waals surface area contributed by atoms with Gasteiger partial charge in [-0.3, -0.25) is 9.89 Å². The summed E-state index contributed by atoms with van der Waals surface area (Å²) < 4.78 is 0. The molecule has 3 N–H and O–H groups in total. The summed E-state index contributed by atoms with van der Waals surface area (Å²) in [7, 11) is 0. The van der Waals surface area contributed by atoms with E-state index in [1.807, 2.05) is 4.90 Å². The Morgan fingerprint density at radius 3 is 3.12 bits per heavy atom. The molecule has 96 valence electrons. The Balaban J connectivity index is 0.00000144. The zero-order chi connectivity index (χ0) is 11.4. The Bertz CT molecular complexity index is 339. The summed E-state index contributed by atoms with van der Waals surface area (Å²) in [6, 6.07) is 1.72. The topological polar surface area (TPSA) is 75.0 Å². The van der Waals surface area contributed by atoms with Crippen molar-refractivity contribution in [2.75, 3.05) is 19.6 Å². The monoisotopic (exact) mass is 258 g/mol. The average molecular weight is 259 g/mol.